The van der Waals surface area contributed by atoms with Gasteiger partial charge in [0.1, 0.15) is 0 Å². The SMILES string of the molecule is CNCCc1c(Br)c(C2CCCCC2)nn1C. The molecule has 3 nitrogen and oxygen atoms in total. The van der Waals surface area contributed by atoms with Crippen LogP contribution in [0.1, 0.15) is 49.4 Å². The molecule has 17 heavy (non-hydrogen) atoms. The summed E-state index contributed by atoms with van der Waals surface area (Å²) < 4.78 is 3.30. The Morgan fingerprint density at radius 3 is 2.71 bits per heavy atom. The Kier molecular flexibility index (Phi) is 4.62. The second kappa shape index (κ2) is 6.01. The minimum atomic E-state index is 0.674. The summed E-state index contributed by atoms with van der Waals surface area (Å²) in [7, 11) is 4.05. The van der Waals surface area contributed by atoms with Crippen molar-refractivity contribution in [3.05, 3.63) is 15.9 Å². The number of nitrogens with zero attached hydrogens (tertiary/aromatic N) is 2. The maximum absolute atomic E-state index is 4.73. The van der Waals surface area contributed by atoms with E-state index in [1.165, 1.54) is 48.0 Å². The first-order chi connectivity index (χ1) is 8.24. The number of aromatic nitrogens is 2. The molecule has 1 aliphatic carbocycles. The van der Waals surface area contributed by atoms with Crippen LogP contribution in [-0.4, -0.2) is 23.4 Å². The Hall–Kier alpha value is -0.350. The van der Waals surface area contributed by atoms with Gasteiger partial charge >= 0.3 is 0 Å². The number of hydrogen-bond acceptors (Lipinski definition) is 2. The number of rotatable bonds is 4. The van der Waals surface area contributed by atoms with Gasteiger partial charge in [0.2, 0.25) is 0 Å². The second-order valence-corrected chi connectivity index (χ2v) is 5.75. The Morgan fingerprint density at radius 2 is 2.06 bits per heavy atom. The van der Waals surface area contributed by atoms with Crippen LogP contribution < -0.4 is 5.32 Å². The van der Waals surface area contributed by atoms with Gasteiger partial charge in [-0.25, -0.2) is 0 Å². The molecule has 96 valence electrons. The lowest BCUT2D eigenvalue weighted by Crippen LogP contribution is -2.12. The lowest BCUT2D eigenvalue weighted by molar-refractivity contribution is 0.432. The van der Waals surface area contributed by atoms with Gasteiger partial charge in [-0.1, -0.05) is 19.3 Å². The van der Waals surface area contributed by atoms with E-state index in [1.807, 2.05) is 11.7 Å². The van der Waals surface area contributed by atoms with Crippen molar-refractivity contribution in [2.24, 2.45) is 7.05 Å². The summed E-state index contributed by atoms with van der Waals surface area (Å²) in [5.41, 5.74) is 2.61. The Labute approximate surface area is 112 Å². The van der Waals surface area contributed by atoms with E-state index in [0.717, 1.165) is 13.0 Å². The molecule has 4 heteroatoms. The summed E-state index contributed by atoms with van der Waals surface area (Å²) in [5.74, 6) is 0.674. The van der Waals surface area contributed by atoms with Crippen molar-refractivity contribution in [1.29, 1.82) is 0 Å². The predicted octanol–water partition coefficient (Wildman–Crippen LogP) is 2.99. The third-order valence-electron chi connectivity index (χ3n) is 3.73. The van der Waals surface area contributed by atoms with Crippen LogP contribution in [-0.2, 0) is 13.5 Å². The molecule has 1 heterocycles. The van der Waals surface area contributed by atoms with Crippen molar-refractivity contribution in [3.8, 4) is 0 Å². The molecule has 1 aliphatic rings. The molecule has 0 aliphatic heterocycles. The summed E-state index contributed by atoms with van der Waals surface area (Å²) in [6.07, 6.45) is 7.77. The van der Waals surface area contributed by atoms with Crippen LogP contribution in [0, 0.1) is 0 Å². The molecule has 1 N–H and O–H groups in total. The van der Waals surface area contributed by atoms with Crippen molar-refractivity contribution in [2.45, 2.75) is 44.4 Å². The first-order valence-electron chi connectivity index (χ1n) is 6.60. The molecule has 0 spiro atoms. The van der Waals surface area contributed by atoms with Crippen LogP contribution in [0.25, 0.3) is 0 Å². The normalized spacial score (nSPS) is 17.6. The number of aryl methyl sites for hydroxylation is 1. The van der Waals surface area contributed by atoms with Gasteiger partial charge in [0, 0.05) is 25.9 Å². The highest BCUT2D eigenvalue weighted by atomic mass is 79.9. The van der Waals surface area contributed by atoms with Crippen molar-refractivity contribution >= 4 is 15.9 Å². The van der Waals surface area contributed by atoms with E-state index in [2.05, 4.69) is 28.3 Å². The first-order valence-corrected chi connectivity index (χ1v) is 7.39. The Balaban J connectivity index is 2.17. The topological polar surface area (TPSA) is 29.9 Å². The Bertz CT molecular complexity index is 367. The fourth-order valence-corrected chi connectivity index (χ4v) is 3.57. The van der Waals surface area contributed by atoms with Gasteiger partial charge < -0.3 is 5.32 Å². The third-order valence-corrected chi connectivity index (χ3v) is 4.59. The smallest absolute Gasteiger partial charge is 0.0800 e. The molecular weight excluding hydrogens is 278 g/mol. The van der Waals surface area contributed by atoms with E-state index >= 15 is 0 Å². The largest absolute Gasteiger partial charge is 0.319 e. The van der Waals surface area contributed by atoms with Crippen LogP contribution in [0.3, 0.4) is 0 Å². The molecule has 1 aromatic rings. The van der Waals surface area contributed by atoms with Gasteiger partial charge in [-0.3, -0.25) is 4.68 Å². The average molecular weight is 300 g/mol. The third kappa shape index (κ3) is 2.91. The van der Waals surface area contributed by atoms with Crippen LogP contribution in [0.4, 0.5) is 0 Å². The van der Waals surface area contributed by atoms with E-state index < -0.39 is 0 Å². The molecule has 0 aromatic carbocycles. The lowest BCUT2D eigenvalue weighted by atomic mass is 9.87. The predicted molar refractivity (Wildman–Crippen MR) is 74.4 cm³/mol. The number of halogens is 1. The maximum atomic E-state index is 4.73. The quantitative estimate of drug-likeness (QED) is 0.926. The van der Waals surface area contributed by atoms with E-state index in [4.69, 9.17) is 5.10 Å². The summed E-state index contributed by atoms with van der Waals surface area (Å²) in [4.78, 5) is 0. The molecule has 1 aromatic heterocycles. The number of nitrogens with one attached hydrogen (secondary N) is 1. The van der Waals surface area contributed by atoms with E-state index in [0.29, 0.717) is 5.92 Å². The minimum absolute atomic E-state index is 0.674. The van der Waals surface area contributed by atoms with E-state index in [1.54, 1.807) is 0 Å². The fourth-order valence-electron chi connectivity index (χ4n) is 2.71. The highest BCUT2D eigenvalue weighted by Gasteiger charge is 2.23. The van der Waals surface area contributed by atoms with Gasteiger partial charge in [0.05, 0.1) is 15.9 Å². The zero-order chi connectivity index (χ0) is 12.3. The minimum Gasteiger partial charge on any atom is -0.319 e. The zero-order valence-corrected chi connectivity index (χ0v) is 12.4. The van der Waals surface area contributed by atoms with Crippen molar-refractivity contribution in [3.63, 3.8) is 0 Å². The van der Waals surface area contributed by atoms with Gasteiger partial charge in [-0.15, -0.1) is 0 Å². The molecule has 0 bridgehead atoms. The second-order valence-electron chi connectivity index (χ2n) is 4.96. The van der Waals surface area contributed by atoms with Crippen LogP contribution in [0.2, 0.25) is 0 Å². The van der Waals surface area contributed by atoms with E-state index in [9.17, 15) is 0 Å². The van der Waals surface area contributed by atoms with E-state index in [-0.39, 0.29) is 0 Å². The molecule has 0 unspecified atom stereocenters. The highest BCUT2D eigenvalue weighted by Crippen LogP contribution is 2.36. The first kappa shape index (κ1) is 13.1. The van der Waals surface area contributed by atoms with Crippen molar-refractivity contribution in [1.82, 2.24) is 15.1 Å². The number of likely N-dealkylation sites (N-methyl/N-ethyl adjacent to an activating group) is 1. The standard InChI is InChI=1S/C13H22BrN3/c1-15-9-8-11-12(14)13(16-17(11)2)10-6-4-3-5-7-10/h10,15H,3-9H2,1-2H3. The van der Waals surface area contributed by atoms with Gasteiger partial charge in [0.15, 0.2) is 0 Å². The fraction of sp³-hybridized carbons (Fsp3) is 0.769. The van der Waals surface area contributed by atoms with Crippen LogP contribution >= 0.6 is 15.9 Å². The lowest BCUT2D eigenvalue weighted by Gasteiger charge is -2.19. The molecule has 2 rings (SSSR count). The highest BCUT2D eigenvalue weighted by molar-refractivity contribution is 9.10. The summed E-state index contributed by atoms with van der Waals surface area (Å²) in [6, 6.07) is 0. The molecule has 0 atom stereocenters. The maximum Gasteiger partial charge on any atom is 0.0800 e. The van der Waals surface area contributed by atoms with Gasteiger partial charge in [-0.05, 0) is 35.8 Å². The van der Waals surface area contributed by atoms with Crippen LogP contribution in [0.15, 0.2) is 4.47 Å². The molecule has 1 saturated carbocycles. The number of hydrogen-bond donors (Lipinski definition) is 1. The summed E-state index contributed by atoms with van der Waals surface area (Å²) in [6.45, 7) is 1.00. The van der Waals surface area contributed by atoms with Crippen molar-refractivity contribution in [2.75, 3.05) is 13.6 Å². The average Bonchev–Trinajstić information content (AvgIpc) is 2.64. The monoisotopic (exact) mass is 299 g/mol. The molecule has 1 fully saturated rings. The summed E-state index contributed by atoms with van der Waals surface area (Å²) in [5, 5.41) is 7.93. The van der Waals surface area contributed by atoms with Gasteiger partial charge in [-0.2, -0.15) is 5.10 Å². The van der Waals surface area contributed by atoms with Crippen molar-refractivity contribution < 1.29 is 0 Å². The molecule has 0 radical (unpaired) electrons. The van der Waals surface area contributed by atoms with Gasteiger partial charge in [0.25, 0.3) is 0 Å². The molecule has 0 amide bonds. The Morgan fingerprint density at radius 1 is 1.35 bits per heavy atom. The van der Waals surface area contributed by atoms with Crippen LogP contribution in [0.5, 0.6) is 0 Å². The molecular formula is C13H22BrN3. The summed E-state index contributed by atoms with van der Waals surface area (Å²) >= 11 is 3.76. The molecule has 0 saturated heterocycles. The zero-order valence-electron chi connectivity index (χ0n) is 10.8.